The van der Waals surface area contributed by atoms with Crippen LogP contribution in [0.15, 0.2) is 46.2 Å². The van der Waals surface area contributed by atoms with Crippen LogP contribution in [0, 0.1) is 5.92 Å². The van der Waals surface area contributed by atoms with Crippen LogP contribution in [0.5, 0.6) is 0 Å². The highest BCUT2D eigenvalue weighted by Gasteiger charge is 2.42. The summed E-state index contributed by atoms with van der Waals surface area (Å²) in [6.45, 7) is 12.8. The molecule has 0 radical (unpaired) electrons. The molecule has 0 unspecified atom stereocenters. The molecule has 4 nitrogen and oxygen atoms in total. The predicted octanol–water partition coefficient (Wildman–Crippen LogP) is 4.53. The molecule has 0 spiro atoms. The first kappa shape index (κ1) is 21.3. The van der Waals surface area contributed by atoms with Gasteiger partial charge in [0, 0.05) is 5.92 Å². The quantitative estimate of drug-likeness (QED) is 0.760. The number of benzene rings is 1. The van der Waals surface area contributed by atoms with Gasteiger partial charge < -0.3 is 9.53 Å². The summed E-state index contributed by atoms with van der Waals surface area (Å²) in [5, 5.41) is 10.3. The van der Waals surface area contributed by atoms with Gasteiger partial charge in [0.1, 0.15) is 0 Å². The number of sulfone groups is 1. The normalized spacial score (nSPS) is 25.5. The van der Waals surface area contributed by atoms with Crippen LogP contribution in [0.25, 0.3) is 0 Å². The summed E-state index contributed by atoms with van der Waals surface area (Å²) in [4.78, 5) is 0.538. The zero-order chi connectivity index (χ0) is 19.8. The molecule has 1 aliphatic carbocycles. The Kier molecular flexibility index (Phi) is 6.22. The fourth-order valence-corrected chi connectivity index (χ4v) is 6.18. The molecule has 2 rings (SSSR count). The molecular weight excluding hydrogens is 364 g/mol. The standard InChI is InChI=1S/C20H32O4SSi/c1-15-18(24-26(5,6)20(2,3)4)13-12-16(21)14-19(15)25(22,23)17-10-8-7-9-11-17/h7-11,14-16,18,21H,12-13H2,1-6H3/t15-,16+,18-/m0/s1. The molecule has 0 fully saturated rings. The van der Waals surface area contributed by atoms with Crippen molar-refractivity contribution in [2.45, 2.75) is 75.8 Å². The molecule has 6 heteroatoms. The Morgan fingerprint density at radius 3 is 2.23 bits per heavy atom. The van der Waals surface area contributed by atoms with E-state index in [1.54, 1.807) is 30.3 Å². The van der Waals surface area contributed by atoms with Crippen molar-refractivity contribution in [3.8, 4) is 0 Å². The number of rotatable bonds is 4. The SMILES string of the molecule is C[C@@H]1C(S(=O)(=O)c2ccccc2)=C[C@H](O)CC[C@@H]1O[Si](C)(C)C(C)(C)C. The van der Waals surface area contributed by atoms with Crippen LogP contribution < -0.4 is 0 Å². The lowest BCUT2D eigenvalue weighted by Gasteiger charge is -2.41. The van der Waals surface area contributed by atoms with Crippen LogP contribution in [0.3, 0.4) is 0 Å². The summed E-state index contributed by atoms with van der Waals surface area (Å²) >= 11 is 0. The Bertz CT molecular complexity index is 748. The van der Waals surface area contributed by atoms with Crippen LogP contribution >= 0.6 is 0 Å². The third kappa shape index (κ3) is 4.47. The molecule has 0 saturated carbocycles. The molecule has 0 amide bonds. The first-order valence-electron chi connectivity index (χ1n) is 9.24. The Balaban J connectivity index is 2.40. The fraction of sp³-hybridized carbons (Fsp3) is 0.600. The molecule has 1 aliphatic rings. The van der Waals surface area contributed by atoms with E-state index in [0.29, 0.717) is 12.8 Å². The highest BCUT2D eigenvalue weighted by molar-refractivity contribution is 7.95. The van der Waals surface area contributed by atoms with Crippen molar-refractivity contribution in [3.63, 3.8) is 0 Å². The molecule has 0 aliphatic heterocycles. The van der Waals surface area contributed by atoms with E-state index in [4.69, 9.17) is 4.43 Å². The second-order valence-corrected chi connectivity index (χ2v) is 15.4. The average molecular weight is 397 g/mol. The van der Waals surface area contributed by atoms with Gasteiger partial charge in [-0.3, -0.25) is 0 Å². The maximum absolute atomic E-state index is 13.2. The first-order valence-corrected chi connectivity index (χ1v) is 13.6. The third-order valence-electron chi connectivity index (χ3n) is 5.73. The van der Waals surface area contributed by atoms with Gasteiger partial charge in [0.15, 0.2) is 8.32 Å². The summed E-state index contributed by atoms with van der Waals surface area (Å²) in [7, 11) is -5.71. The highest BCUT2D eigenvalue weighted by Crippen LogP contribution is 2.41. The van der Waals surface area contributed by atoms with Gasteiger partial charge in [-0.25, -0.2) is 8.42 Å². The lowest BCUT2D eigenvalue weighted by Crippen LogP contribution is -2.45. The largest absolute Gasteiger partial charge is 0.413 e. The van der Waals surface area contributed by atoms with E-state index in [2.05, 4.69) is 33.9 Å². The molecule has 26 heavy (non-hydrogen) atoms. The van der Waals surface area contributed by atoms with Gasteiger partial charge in [0.05, 0.1) is 22.0 Å². The van der Waals surface area contributed by atoms with Gasteiger partial charge in [0.25, 0.3) is 0 Å². The van der Waals surface area contributed by atoms with Crippen molar-refractivity contribution in [2.24, 2.45) is 5.92 Å². The molecule has 0 bridgehead atoms. The maximum atomic E-state index is 13.2. The lowest BCUT2D eigenvalue weighted by atomic mass is 10.0. The topological polar surface area (TPSA) is 63.6 Å². The molecule has 3 atom stereocenters. The Labute approximate surface area is 159 Å². The maximum Gasteiger partial charge on any atom is 0.202 e. The number of hydrogen-bond acceptors (Lipinski definition) is 4. The molecule has 1 aromatic rings. The average Bonchev–Trinajstić information content (AvgIpc) is 2.68. The van der Waals surface area contributed by atoms with Crippen molar-refractivity contribution in [2.75, 3.05) is 0 Å². The van der Waals surface area contributed by atoms with Crippen LogP contribution in [-0.4, -0.2) is 34.0 Å². The number of aliphatic hydroxyl groups excluding tert-OH is 1. The van der Waals surface area contributed by atoms with Crippen molar-refractivity contribution >= 4 is 18.2 Å². The van der Waals surface area contributed by atoms with E-state index < -0.39 is 24.3 Å². The van der Waals surface area contributed by atoms with Gasteiger partial charge in [-0.15, -0.1) is 0 Å². The van der Waals surface area contributed by atoms with E-state index in [1.165, 1.54) is 6.08 Å². The lowest BCUT2D eigenvalue weighted by molar-refractivity contribution is 0.120. The Morgan fingerprint density at radius 2 is 1.69 bits per heavy atom. The van der Waals surface area contributed by atoms with Crippen LogP contribution in [0.4, 0.5) is 0 Å². The van der Waals surface area contributed by atoms with E-state index >= 15 is 0 Å². The zero-order valence-corrected chi connectivity index (χ0v) is 18.5. The number of aliphatic hydroxyl groups is 1. The van der Waals surface area contributed by atoms with Gasteiger partial charge in [-0.05, 0) is 49.2 Å². The molecule has 1 aromatic carbocycles. The second-order valence-electron chi connectivity index (χ2n) is 8.74. The van der Waals surface area contributed by atoms with E-state index in [9.17, 15) is 13.5 Å². The van der Waals surface area contributed by atoms with Crippen LogP contribution in [0.1, 0.15) is 40.5 Å². The molecule has 0 saturated heterocycles. The summed E-state index contributed by atoms with van der Waals surface area (Å²) in [5.74, 6) is -0.300. The highest BCUT2D eigenvalue weighted by atomic mass is 32.2. The van der Waals surface area contributed by atoms with Gasteiger partial charge in [-0.1, -0.05) is 45.9 Å². The summed E-state index contributed by atoms with van der Waals surface area (Å²) < 4.78 is 32.9. The van der Waals surface area contributed by atoms with Crippen molar-refractivity contribution < 1.29 is 18.0 Å². The molecular formula is C20H32O4SSi. The van der Waals surface area contributed by atoms with Gasteiger partial charge in [-0.2, -0.15) is 0 Å². The number of hydrogen-bond donors (Lipinski definition) is 1. The Morgan fingerprint density at radius 1 is 1.12 bits per heavy atom. The van der Waals surface area contributed by atoms with E-state index in [1.807, 2.05) is 6.92 Å². The minimum atomic E-state index is -3.65. The van der Waals surface area contributed by atoms with E-state index in [-0.39, 0.29) is 26.9 Å². The minimum Gasteiger partial charge on any atom is -0.413 e. The molecule has 0 heterocycles. The smallest absolute Gasteiger partial charge is 0.202 e. The predicted molar refractivity (Wildman–Crippen MR) is 108 cm³/mol. The summed E-state index contributed by atoms with van der Waals surface area (Å²) in [6, 6.07) is 8.43. The van der Waals surface area contributed by atoms with Crippen LogP contribution in [-0.2, 0) is 14.3 Å². The monoisotopic (exact) mass is 396 g/mol. The van der Waals surface area contributed by atoms with Crippen molar-refractivity contribution in [3.05, 3.63) is 41.3 Å². The molecule has 146 valence electrons. The van der Waals surface area contributed by atoms with Gasteiger partial charge >= 0.3 is 0 Å². The molecule has 0 aromatic heterocycles. The molecule has 1 N–H and O–H groups in total. The summed E-state index contributed by atoms with van der Waals surface area (Å²) in [5.41, 5.74) is 0. The first-order chi connectivity index (χ1) is 11.9. The second kappa shape index (κ2) is 7.58. The Hall–Kier alpha value is -0.953. The van der Waals surface area contributed by atoms with Crippen LogP contribution in [0.2, 0.25) is 18.1 Å². The van der Waals surface area contributed by atoms with Crippen molar-refractivity contribution in [1.29, 1.82) is 0 Å². The minimum absolute atomic E-state index is 0.0415. The summed E-state index contributed by atoms with van der Waals surface area (Å²) in [6.07, 6.45) is 1.70. The van der Waals surface area contributed by atoms with Gasteiger partial charge in [0.2, 0.25) is 9.84 Å². The fourth-order valence-electron chi connectivity index (χ4n) is 2.98. The van der Waals surface area contributed by atoms with E-state index in [0.717, 1.165) is 0 Å². The van der Waals surface area contributed by atoms with Crippen molar-refractivity contribution in [1.82, 2.24) is 0 Å². The third-order valence-corrected chi connectivity index (χ3v) is 12.3. The zero-order valence-electron chi connectivity index (χ0n) is 16.7.